The number of nitro benzene ring substituents is 1. The van der Waals surface area contributed by atoms with Gasteiger partial charge < -0.3 is 9.80 Å². The number of hydrogen-bond donors (Lipinski definition) is 0. The molecule has 0 aromatic heterocycles. The molecule has 0 radical (unpaired) electrons. The van der Waals surface area contributed by atoms with Crippen molar-refractivity contribution in [3.8, 4) is 0 Å². The number of alkyl halides is 3. The SMILES string of the molecule is CN(C)CCN(C)Cc1ccc([N+](=O)[O-])cc1C(F)(F)F. The first-order valence-electron chi connectivity index (χ1n) is 6.29. The topological polar surface area (TPSA) is 49.6 Å². The molecule has 0 aliphatic heterocycles. The van der Waals surface area contributed by atoms with Gasteiger partial charge in [0.1, 0.15) is 0 Å². The Morgan fingerprint density at radius 1 is 1.19 bits per heavy atom. The Kier molecular flexibility index (Phi) is 5.68. The maximum Gasteiger partial charge on any atom is 0.416 e. The van der Waals surface area contributed by atoms with E-state index in [-0.39, 0.29) is 12.1 Å². The summed E-state index contributed by atoms with van der Waals surface area (Å²) in [6.07, 6.45) is -4.61. The standard InChI is InChI=1S/C13H18F3N3O2/c1-17(2)6-7-18(3)9-10-4-5-11(19(20)21)8-12(10)13(14,15)16/h4-5,8H,6-7,9H2,1-3H3. The summed E-state index contributed by atoms with van der Waals surface area (Å²) in [6.45, 7) is 1.40. The number of rotatable bonds is 6. The summed E-state index contributed by atoms with van der Waals surface area (Å²) in [7, 11) is 5.47. The highest BCUT2D eigenvalue weighted by Gasteiger charge is 2.35. The smallest absolute Gasteiger partial charge is 0.308 e. The summed E-state index contributed by atoms with van der Waals surface area (Å²) in [5.74, 6) is 0. The van der Waals surface area contributed by atoms with Gasteiger partial charge in [0.05, 0.1) is 10.5 Å². The van der Waals surface area contributed by atoms with Gasteiger partial charge >= 0.3 is 6.18 Å². The number of hydrogen-bond acceptors (Lipinski definition) is 4. The molecule has 118 valence electrons. The van der Waals surface area contributed by atoms with Crippen LogP contribution in [-0.4, -0.2) is 49.0 Å². The lowest BCUT2D eigenvalue weighted by molar-refractivity contribution is -0.385. The van der Waals surface area contributed by atoms with Gasteiger partial charge in [-0.15, -0.1) is 0 Å². The normalized spacial score (nSPS) is 12.2. The largest absolute Gasteiger partial charge is 0.416 e. The predicted molar refractivity (Wildman–Crippen MR) is 73.0 cm³/mol. The van der Waals surface area contributed by atoms with E-state index in [9.17, 15) is 23.3 Å². The predicted octanol–water partition coefficient (Wildman–Crippen LogP) is 2.61. The lowest BCUT2D eigenvalue weighted by Crippen LogP contribution is -2.29. The van der Waals surface area contributed by atoms with E-state index in [0.717, 1.165) is 6.07 Å². The number of halogens is 3. The highest BCUT2D eigenvalue weighted by Crippen LogP contribution is 2.34. The summed E-state index contributed by atoms with van der Waals surface area (Å²) >= 11 is 0. The van der Waals surface area contributed by atoms with Gasteiger partial charge in [0.25, 0.3) is 5.69 Å². The second-order valence-corrected chi connectivity index (χ2v) is 5.14. The van der Waals surface area contributed by atoms with Gasteiger partial charge in [-0.2, -0.15) is 13.2 Å². The van der Waals surface area contributed by atoms with E-state index < -0.39 is 22.4 Å². The van der Waals surface area contributed by atoms with Gasteiger partial charge in [0, 0.05) is 31.8 Å². The Balaban J connectivity index is 2.98. The molecule has 0 aliphatic rings. The molecular formula is C13H18F3N3O2. The van der Waals surface area contributed by atoms with Gasteiger partial charge in [-0.05, 0) is 26.7 Å². The number of nitro groups is 1. The lowest BCUT2D eigenvalue weighted by atomic mass is 10.1. The minimum absolute atomic E-state index is 0.0364. The minimum atomic E-state index is -4.61. The van der Waals surface area contributed by atoms with Crippen LogP contribution >= 0.6 is 0 Å². The van der Waals surface area contributed by atoms with Crippen molar-refractivity contribution >= 4 is 5.69 Å². The molecule has 0 fully saturated rings. The van der Waals surface area contributed by atoms with Gasteiger partial charge in [-0.1, -0.05) is 6.07 Å². The third-order valence-corrected chi connectivity index (χ3v) is 2.98. The lowest BCUT2D eigenvalue weighted by Gasteiger charge is -2.21. The van der Waals surface area contributed by atoms with Crippen LogP contribution in [0.5, 0.6) is 0 Å². The van der Waals surface area contributed by atoms with Gasteiger partial charge in [-0.3, -0.25) is 10.1 Å². The number of benzene rings is 1. The van der Waals surface area contributed by atoms with E-state index in [4.69, 9.17) is 0 Å². The number of nitrogens with zero attached hydrogens (tertiary/aromatic N) is 3. The second kappa shape index (κ2) is 6.86. The van der Waals surface area contributed by atoms with Gasteiger partial charge in [0.2, 0.25) is 0 Å². The van der Waals surface area contributed by atoms with Crippen molar-refractivity contribution in [3.05, 3.63) is 39.4 Å². The molecule has 8 heteroatoms. The quantitative estimate of drug-likeness (QED) is 0.599. The van der Waals surface area contributed by atoms with Crippen LogP contribution in [0.1, 0.15) is 11.1 Å². The molecule has 5 nitrogen and oxygen atoms in total. The molecule has 1 rings (SSSR count). The van der Waals surface area contributed by atoms with Gasteiger partial charge in [0.15, 0.2) is 0 Å². The van der Waals surface area contributed by atoms with E-state index >= 15 is 0 Å². The molecule has 21 heavy (non-hydrogen) atoms. The van der Waals surface area contributed by atoms with Crippen LogP contribution in [0, 0.1) is 10.1 Å². The van der Waals surface area contributed by atoms with Crippen LogP contribution in [0.4, 0.5) is 18.9 Å². The maximum absolute atomic E-state index is 13.0. The van der Waals surface area contributed by atoms with E-state index in [1.165, 1.54) is 6.07 Å². The fourth-order valence-corrected chi connectivity index (χ4v) is 1.82. The summed E-state index contributed by atoms with van der Waals surface area (Å²) in [4.78, 5) is 13.5. The van der Waals surface area contributed by atoms with Crippen LogP contribution in [-0.2, 0) is 12.7 Å². The Bertz CT molecular complexity index is 504. The highest BCUT2D eigenvalue weighted by atomic mass is 19.4. The second-order valence-electron chi connectivity index (χ2n) is 5.14. The minimum Gasteiger partial charge on any atom is -0.308 e. The zero-order chi connectivity index (χ0) is 16.2. The van der Waals surface area contributed by atoms with E-state index in [1.54, 1.807) is 11.9 Å². The fraction of sp³-hybridized carbons (Fsp3) is 0.538. The summed E-state index contributed by atoms with van der Waals surface area (Å²) in [5.41, 5.74) is -1.47. The first kappa shape index (κ1) is 17.4. The summed E-state index contributed by atoms with van der Waals surface area (Å²) in [5, 5.41) is 10.6. The van der Waals surface area contributed by atoms with Crippen LogP contribution in [0.3, 0.4) is 0 Å². The summed E-state index contributed by atoms with van der Waals surface area (Å²) in [6, 6.07) is 2.87. The van der Waals surface area contributed by atoms with Gasteiger partial charge in [-0.25, -0.2) is 0 Å². The Morgan fingerprint density at radius 2 is 1.81 bits per heavy atom. The third-order valence-electron chi connectivity index (χ3n) is 2.98. The van der Waals surface area contributed by atoms with E-state index in [2.05, 4.69) is 0 Å². The maximum atomic E-state index is 13.0. The molecule has 0 saturated heterocycles. The monoisotopic (exact) mass is 305 g/mol. The molecule has 1 aromatic rings. The average molecular weight is 305 g/mol. The van der Waals surface area contributed by atoms with Crippen LogP contribution < -0.4 is 0 Å². The molecule has 0 N–H and O–H groups in total. The summed E-state index contributed by atoms with van der Waals surface area (Å²) < 4.78 is 39.0. The van der Waals surface area contributed by atoms with E-state index in [0.29, 0.717) is 19.2 Å². The molecule has 0 bridgehead atoms. The van der Waals surface area contributed by atoms with Crippen molar-refractivity contribution < 1.29 is 18.1 Å². The zero-order valence-corrected chi connectivity index (χ0v) is 12.1. The Labute approximate surface area is 121 Å². The van der Waals surface area contributed by atoms with Crippen molar-refractivity contribution in [3.63, 3.8) is 0 Å². The molecule has 0 spiro atoms. The average Bonchev–Trinajstić information content (AvgIpc) is 2.35. The highest BCUT2D eigenvalue weighted by molar-refractivity contribution is 5.41. The fourth-order valence-electron chi connectivity index (χ4n) is 1.82. The van der Waals surface area contributed by atoms with Crippen molar-refractivity contribution in [1.82, 2.24) is 9.80 Å². The number of likely N-dealkylation sites (N-methyl/N-ethyl adjacent to an activating group) is 2. The molecular weight excluding hydrogens is 287 g/mol. The molecule has 0 amide bonds. The Morgan fingerprint density at radius 3 is 2.29 bits per heavy atom. The first-order valence-corrected chi connectivity index (χ1v) is 6.29. The molecule has 0 unspecified atom stereocenters. The molecule has 0 aliphatic carbocycles. The molecule has 1 aromatic carbocycles. The Hall–Kier alpha value is -1.67. The molecule has 0 atom stereocenters. The van der Waals surface area contributed by atoms with Crippen molar-refractivity contribution in [2.75, 3.05) is 34.2 Å². The first-order chi connectivity index (χ1) is 9.61. The van der Waals surface area contributed by atoms with Crippen molar-refractivity contribution in [2.24, 2.45) is 0 Å². The molecule has 0 heterocycles. The van der Waals surface area contributed by atoms with Crippen LogP contribution in [0.25, 0.3) is 0 Å². The van der Waals surface area contributed by atoms with Crippen molar-refractivity contribution in [1.29, 1.82) is 0 Å². The zero-order valence-electron chi connectivity index (χ0n) is 12.1. The van der Waals surface area contributed by atoms with Crippen LogP contribution in [0.15, 0.2) is 18.2 Å². The van der Waals surface area contributed by atoms with Crippen molar-refractivity contribution in [2.45, 2.75) is 12.7 Å². The molecule has 0 saturated carbocycles. The van der Waals surface area contributed by atoms with Crippen LogP contribution in [0.2, 0.25) is 0 Å². The van der Waals surface area contributed by atoms with E-state index in [1.807, 2.05) is 19.0 Å². The third kappa shape index (κ3) is 5.31. The number of non-ortho nitro benzene ring substituents is 1.